The number of amides is 1. The zero-order chi connectivity index (χ0) is 18.7. The summed E-state index contributed by atoms with van der Waals surface area (Å²) < 4.78 is 22.4. The molecule has 0 spiro atoms. The second kappa shape index (κ2) is 7.93. The van der Waals surface area contributed by atoms with Gasteiger partial charge in [-0.15, -0.1) is 0 Å². The first-order valence-electron chi connectivity index (χ1n) is 8.53. The highest BCUT2D eigenvalue weighted by atomic mass is 32.1. The molecule has 0 aliphatic carbocycles. The van der Waals surface area contributed by atoms with Crippen molar-refractivity contribution in [1.82, 2.24) is 4.57 Å². The molecule has 0 atom stereocenters. The third-order valence-electron chi connectivity index (χ3n) is 4.26. The van der Waals surface area contributed by atoms with E-state index in [1.165, 1.54) is 34.6 Å². The number of aryl methyl sites for hydroxylation is 2. The molecule has 3 rings (SSSR count). The van der Waals surface area contributed by atoms with Gasteiger partial charge in [0.25, 0.3) is 5.91 Å². The molecule has 0 fully saturated rings. The lowest BCUT2D eigenvalue weighted by Gasteiger charge is -2.07. The number of carbonyl (C=O) groups excluding carboxylic acids is 1. The van der Waals surface area contributed by atoms with Crippen LogP contribution in [0.5, 0.6) is 0 Å². The average Bonchev–Trinajstić information content (AvgIpc) is 2.92. The van der Waals surface area contributed by atoms with Gasteiger partial charge in [-0.1, -0.05) is 23.5 Å². The fourth-order valence-electron chi connectivity index (χ4n) is 2.70. The quantitative estimate of drug-likeness (QED) is 0.629. The van der Waals surface area contributed by atoms with E-state index >= 15 is 0 Å². The van der Waals surface area contributed by atoms with Gasteiger partial charge < -0.3 is 9.30 Å². The van der Waals surface area contributed by atoms with Gasteiger partial charge in [0.2, 0.25) is 0 Å². The standard InChI is InChI=1S/C20H21FN2O2S/c1-4-25-10-9-23-17-11-13(2)14(3)12-18(17)26-20(23)22-19(24)15-7-5-6-8-16(15)21/h5-8,11-12H,4,9-10H2,1-3H3. The van der Waals surface area contributed by atoms with Gasteiger partial charge in [0.1, 0.15) is 5.82 Å². The Kier molecular flexibility index (Phi) is 5.64. The van der Waals surface area contributed by atoms with Crippen LogP contribution >= 0.6 is 11.3 Å². The molecule has 0 radical (unpaired) electrons. The molecular formula is C20H21FN2O2S. The zero-order valence-electron chi connectivity index (χ0n) is 15.1. The number of thiazole rings is 1. The maximum absolute atomic E-state index is 13.9. The summed E-state index contributed by atoms with van der Waals surface area (Å²) in [4.78, 5) is 17.2. The Morgan fingerprint density at radius 3 is 2.69 bits per heavy atom. The monoisotopic (exact) mass is 372 g/mol. The van der Waals surface area contributed by atoms with E-state index in [1.807, 2.05) is 11.5 Å². The molecule has 0 saturated heterocycles. The summed E-state index contributed by atoms with van der Waals surface area (Å²) in [5.74, 6) is -1.14. The Bertz CT molecular complexity index is 1020. The number of fused-ring (bicyclic) bond motifs is 1. The van der Waals surface area contributed by atoms with Gasteiger partial charge in [-0.05, 0) is 56.2 Å². The maximum atomic E-state index is 13.9. The molecule has 1 aromatic heterocycles. The van der Waals surface area contributed by atoms with Crippen molar-refractivity contribution in [2.24, 2.45) is 4.99 Å². The lowest BCUT2D eigenvalue weighted by molar-refractivity contribution is 0.0993. The number of hydrogen-bond acceptors (Lipinski definition) is 3. The van der Waals surface area contributed by atoms with E-state index in [2.05, 4.69) is 31.0 Å². The van der Waals surface area contributed by atoms with E-state index < -0.39 is 11.7 Å². The number of hydrogen-bond donors (Lipinski definition) is 0. The van der Waals surface area contributed by atoms with Crippen LogP contribution in [0.4, 0.5) is 4.39 Å². The fourth-order valence-corrected chi connectivity index (χ4v) is 3.84. The third kappa shape index (κ3) is 3.76. The molecule has 2 aromatic carbocycles. The van der Waals surface area contributed by atoms with Crippen molar-refractivity contribution in [3.8, 4) is 0 Å². The molecule has 0 saturated carbocycles. The Hall–Kier alpha value is -2.31. The zero-order valence-corrected chi connectivity index (χ0v) is 15.9. The normalized spacial score (nSPS) is 12.1. The Balaban J connectivity index is 2.12. The second-order valence-corrected chi connectivity index (χ2v) is 7.04. The average molecular weight is 372 g/mol. The van der Waals surface area contributed by atoms with Crippen molar-refractivity contribution in [2.45, 2.75) is 27.3 Å². The van der Waals surface area contributed by atoms with E-state index in [-0.39, 0.29) is 5.56 Å². The molecule has 0 N–H and O–H groups in total. The summed E-state index contributed by atoms with van der Waals surface area (Å²) in [6.45, 7) is 7.79. The van der Waals surface area contributed by atoms with Crippen LogP contribution in [0.15, 0.2) is 41.4 Å². The summed E-state index contributed by atoms with van der Waals surface area (Å²) in [5.41, 5.74) is 3.35. The molecule has 136 valence electrons. The molecule has 26 heavy (non-hydrogen) atoms. The van der Waals surface area contributed by atoms with Crippen LogP contribution in [0.1, 0.15) is 28.4 Å². The van der Waals surface area contributed by atoms with E-state index in [0.29, 0.717) is 24.6 Å². The van der Waals surface area contributed by atoms with Crippen LogP contribution in [0.3, 0.4) is 0 Å². The molecule has 1 amide bonds. The van der Waals surface area contributed by atoms with E-state index in [1.54, 1.807) is 12.1 Å². The molecule has 0 bridgehead atoms. The van der Waals surface area contributed by atoms with Gasteiger partial charge in [0, 0.05) is 13.2 Å². The van der Waals surface area contributed by atoms with E-state index in [4.69, 9.17) is 4.74 Å². The fraction of sp³-hybridized carbons (Fsp3) is 0.300. The van der Waals surface area contributed by atoms with Gasteiger partial charge in [-0.3, -0.25) is 4.79 Å². The first-order valence-corrected chi connectivity index (χ1v) is 9.35. The minimum absolute atomic E-state index is 0.0197. The first-order chi connectivity index (χ1) is 12.5. The smallest absolute Gasteiger partial charge is 0.282 e. The van der Waals surface area contributed by atoms with Crippen molar-refractivity contribution in [1.29, 1.82) is 0 Å². The molecule has 3 aromatic rings. The summed E-state index contributed by atoms with van der Waals surface area (Å²) in [7, 11) is 0. The Labute approximate surface area is 155 Å². The molecule has 6 heteroatoms. The van der Waals surface area contributed by atoms with Crippen LogP contribution in [-0.2, 0) is 11.3 Å². The lowest BCUT2D eigenvalue weighted by atomic mass is 10.1. The van der Waals surface area contributed by atoms with Gasteiger partial charge in [-0.25, -0.2) is 4.39 Å². The van der Waals surface area contributed by atoms with Crippen LogP contribution in [0, 0.1) is 19.7 Å². The van der Waals surface area contributed by atoms with Crippen molar-refractivity contribution in [2.75, 3.05) is 13.2 Å². The summed E-state index contributed by atoms with van der Waals surface area (Å²) in [6.07, 6.45) is 0. The molecule has 0 unspecified atom stereocenters. The maximum Gasteiger partial charge on any atom is 0.282 e. The number of carbonyl (C=O) groups is 1. The van der Waals surface area contributed by atoms with Crippen LogP contribution in [0.25, 0.3) is 10.2 Å². The minimum Gasteiger partial charge on any atom is -0.380 e. The number of benzene rings is 2. The number of halogens is 1. The Morgan fingerprint density at radius 1 is 1.23 bits per heavy atom. The molecule has 4 nitrogen and oxygen atoms in total. The van der Waals surface area contributed by atoms with Gasteiger partial charge in [0.05, 0.1) is 22.4 Å². The van der Waals surface area contributed by atoms with E-state index in [9.17, 15) is 9.18 Å². The Morgan fingerprint density at radius 2 is 1.96 bits per heavy atom. The molecular weight excluding hydrogens is 351 g/mol. The summed E-state index contributed by atoms with van der Waals surface area (Å²) in [6, 6.07) is 10.1. The largest absolute Gasteiger partial charge is 0.380 e. The predicted molar refractivity (Wildman–Crippen MR) is 102 cm³/mol. The van der Waals surface area contributed by atoms with Crippen LogP contribution in [-0.4, -0.2) is 23.7 Å². The summed E-state index contributed by atoms with van der Waals surface area (Å²) >= 11 is 1.43. The van der Waals surface area contributed by atoms with Gasteiger partial charge >= 0.3 is 0 Å². The van der Waals surface area contributed by atoms with Gasteiger partial charge in [-0.2, -0.15) is 4.99 Å². The number of nitrogens with zero attached hydrogens (tertiary/aromatic N) is 2. The summed E-state index contributed by atoms with van der Waals surface area (Å²) in [5, 5.41) is 0. The molecule has 1 heterocycles. The van der Waals surface area contributed by atoms with Crippen LogP contribution < -0.4 is 4.80 Å². The van der Waals surface area contributed by atoms with Crippen molar-refractivity contribution in [3.05, 3.63) is 63.7 Å². The van der Waals surface area contributed by atoms with Crippen LogP contribution in [0.2, 0.25) is 0 Å². The van der Waals surface area contributed by atoms with Crippen molar-refractivity contribution < 1.29 is 13.9 Å². The first kappa shape index (κ1) is 18.5. The molecule has 0 aliphatic heterocycles. The van der Waals surface area contributed by atoms with Crippen molar-refractivity contribution in [3.63, 3.8) is 0 Å². The highest BCUT2D eigenvalue weighted by molar-refractivity contribution is 7.16. The topological polar surface area (TPSA) is 43.6 Å². The SMILES string of the molecule is CCOCCn1c(=NC(=O)c2ccccc2F)sc2cc(C)c(C)cc21. The van der Waals surface area contributed by atoms with Gasteiger partial charge in [0.15, 0.2) is 4.80 Å². The third-order valence-corrected chi connectivity index (χ3v) is 5.30. The number of rotatable bonds is 5. The highest BCUT2D eigenvalue weighted by Crippen LogP contribution is 2.22. The lowest BCUT2D eigenvalue weighted by Crippen LogP contribution is -2.20. The second-order valence-electron chi connectivity index (χ2n) is 6.03. The van der Waals surface area contributed by atoms with Crippen molar-refractivity contribution >= 4 is 27.5 Å². The predicted octanol–water partition coefficient (Wildman–Crippen LogP) is 4.24. The van der Waals surface area contributed by atoms with E-state index in [0.717, 1.165) is 10.2 Å². The highest BCUT2D eigenvalue weighted by Gasteiger charge is 2.13. The number of ether oxygens (including phenoxy) is 1. The minimum atomic E-state index is -0.576. The molecule has 0 aliphatic rings. The number of aromatic nitrogens is 1.